The van der Waals surface area contributed by atoms with Crippen molar-refractivity contribution in [3.8, 4) is 5.75 Å². The molecule has 7 heteroatoms. The smallest absolute Gasteiger partial charge is 0.251 e. The van der Waals surface area contributed by atoms with Gasteiger partial charge in [0.1, 0.15) is 5.75 Å². The van der Waals surface area contributed by atoms with E-state index in [4.69, 9.17) is 9.47 Å². The van der Waals surface area contributed by atoms with E-state index >= 15 is 0 Å². The molecule has 0 aromatic heterocycles. The van der Waals surface area contributed by atoms with Gasteiger partial charge in [0.15, 0.2) is 5.96 Å². The van der Waals surface area contributed by atoms with Gasteiger partial charge in [-0.05, 0) is 43.9 Å². The number of rotatable bonds is 11. The summed E-state index contributed by atoms with van der Waals surface area (Å²) in [6.07, 6.45) is 2.61. The molecule has 1 aromatic carbocycles. The molecule has 150 valence electrons. The van der Waals surface area contributed by atoms with Crippen LogP contribution >= 0.6 is 0 Å². The van der Waals surface area contributed by atoms with Crippen LogP contribution in [0.4, 0.5) is 0 Å². The van der Waals surface area contributed by atoms with Crippen LogP contribution in [0.5, 0.6) is 5.75 Å². The van der Waals surface area contributed by atoms with Crippen LogP contribution < -0.4 is 15.4 Å². The quantitative estimate of drug-likeness (QED) is 0.350. The average molecular weight is 377 g/mol. The van der Waals surface area contributed by atoms with Crippen LogP contribution in [0.3, 0.4) is 0 Å². The van der Waals surface area contributed by atoms with Crippen molar-refractivity contribution in [1.29, 1.82) is 0 Å². The van der Waals surface area contributed by atoms with Crippen molar-refractivity contribution >= 4 is 11.9 Å². The minimum Gasteiger partial charge on any atom is -0.497 e. The predicted octanol–water partition coefficient (Wildman–Crippen LogP) is 1.75. The Bertz CT molecular complexity index is 617. The molecule has 2 N–H and O–H groups in total. The third-order valence-electron chi connectivity index (χ3n) is 4.31. The van der Waals surface area contributed by atoms with Crippen molar-refractivity contribution in [2.75, 3.05) is 53.6 Å². The van der Waals surface area contributed by atoms with Crippen LogP contribution in [0.1, 0.15) is 30.1 Å². The van der Waals surface area contributed by atoms with E-state index in [0.717, 1.165) is 31.6 Å². The number of aliphatic imine (C=N–C) groups is 1. The summed E-state index contributed by atoms with van der Waals surface area (Å²) in [5, 5.41) is 6.16. The zero-order valence-corrected chi connectivity index (χ0v) is 16.7. The third-order valence-corrected chi connectivity index (χ3v) is 4.31. The second-order valence-electron chi connectivity index (χ2n) is 6.66. The minimum absolute atomic E-state index is 0.129. The molecular formula is C20H32N4O3. The van der Waals surface area contributed by atoms with Crippen molar-refractivity contribution < 1.29 is 14.3 Å². The summed E-state index contributed by atoms with van der Waals surface area (Å²) in [5.41, 5.74) is 0.579. The maximum atomic E-state index is 12.2. The molecule has 0 atom stereocenters. The maximum Gasteiger partial charge on any atom is 0.251 e. The van der Waals surface area contributed by atoms with Crippen molar-refractivity contribution in [1.82, 2.24) is 15.5 Å². The first-order valence-corrected chi connectivity index (χ1v) is 9.63. The number of nitrogens with one attached hydrogen (secondary N) is 2. The van der Waals surface area contributed by atoms with Gasteiger partial charge in [0.05, 0.1) is 20.3 Å². The summed E-state index contributed by atoms with van der Waals surface area (Å²) in [5.74, 6) is 2.14. The molecule has 27 heavy (non-hydrogen) atoms. The Labute approximate surface area is 162 Å². The highest BCUT2D eigenvalue weighted by Crippen LogP contribution is 2.28. The van der Waals surface area contributed by atoms with Gasteiger partial charge in [-0.3, -0.25) is 9.79 Å². The number of carbonyl (C=O) groups is 1. The van der Waals surface area contributed by atoms with Crippen LogP contribution in [-0.2, 0) is 4.74 Å². The van der Waals surface area contributed by atoms with Gasteiger partial charge >= 0.3 is 0 Å². The van der Waals surface area contributed by atoms with E-state index < -0.39 is 0 Å². The number of methoxy groups -OCH3 is 1. The van der Waals surface area contributed by atoms with Crippen LogP contribution in [0.15, 0.2) is 29.3 Å². The molecule has 0 saturated heterocycles. The van der Waals surface area contributed by atoms with Gasteiger partial charge in [0.25, 0.3) is 5.91 Å². The second kappa shape index (κ2) is 11.4. The highest BCUT2D eigenvalue weighted by atomic mass is 16.5. The first-order valence-electron chi connectivity index (χ1n) is 9.63. The van der Waals surface area contributed by atoms with Gasteiger partial charge in [-0.2, -0.15) is 0 Å². The fourth-order valence-corrected chi connectivity index (χ4v) is 2.51. The monoisotopic (exact) mass is 376 g/mol. The summed E-state index contributed by atoms with van der Waals surface area (Å²) >= 11 is 0. The average Bonchev–Trinajstić information content (AvgIpc) is 3.51. The number of carbonyl (C=O) groups excluding carboxylic acids is 1. The summed E-state index contributed by atoms with van der Waals surface area (Å²) in [4.78, 5) is 18.8. The van der Waals surface area contributed by atoms with E-state index in [9.17, 15) is 4.79 Å². The molecule has 0 radical (unpaired) electrons. The number of amides is 1. The molecule has 0 bridgehead atoms. The fourth-order valence-electron chi connectivity index (χ4n) is 2.51. The molecule has 0 heterocycles. The third kappa shape index (κ3) is 7.86. The maximum absolute atomic E-state index is 12.2. The Balaban J connectivity index is 1.73. The zero-order valence-electron chi connectivity index (χ0n) is 16.7. The van der Waals surface area contributed by atoms with Crippen molar-refractivity contribution in [3.05, 3.63) is 29.8 Å². The lowest BCUT2D eigenvalue weighted by Gasteiger charge is -2.22. The Morgan fingerprint density at radius 1 is 1.33 bits per heavy atom. The zero-order chi connectivity index (χ0) is 19.5. The SMILES string of the molecule is CCNC(=NCCNC(=O)c1cccc(OC)c1)N(C)CCOCC1CC1. The van der Waals surface area contributed by atoms with Crippen molar-refractivity contribution in [2.24, 2.45) is 10.9 Å². The number of benzene rings is 1. The molecule has 1 aliphatic carbocycles. The van der Waals surface area contributed by atoms with E-state index in [0.29, 0.717) is 31.0 Å². The van der Waals surface area contributed by atoms with Crippen LogP contribution in [0.25, 0.3) is 0 Å². The molecular weight excluding hydrogens is 344 g/mol. The highest BCUT2D eigenvalue weighted by molar-refractivity contribution is 5.94. The molecule has 0 spiro atoms. The van der Waals surface area contributed by atoms with Gasteiger partial charge in [0.2, 0.25) is 0 Å². The molecule has 1 aliphatic rings. The molecule has 1 fully saturated rings. The predicted molar refractivity (Wildman–Crippen MR) is 107 cm³/mol. The normalized spacial score (nSPS) is 14.0. The molecule has 1 saturated carbocycles. The van der Waals surface area contributed by atoms with Gasteiger partial charge < -0.3 is 25.0 Å². The first kappa shape index (κ1) is 21.0. The molecule has 1 aromatic rings. The lowest BCUT2D eigenvalue weighted by Crippen LogP contribution is -2.41. The van der Waals surface area contributed by atoms with Gasteiger partial charge in [-0.15, -0.1) is 0 Å². The topological polar surface area (TPSA) is 75.2 Å². The Morgan fingerprint density at radius 2 is 2.15 bits per heavy atom. The second-order valence-corrected chi connectivity index (χ2v) is 6.66. The molecule has 1 amide bonds. The minimum atomic E-state index is -0.129. The van der Waals surface area contributed by atoms with E-state index in [-0.39, 0.29) is 5.91 Å². The molecule has 0 unspecified atom stereocenters. The number of hydrogen-bond acceptors (Lipinski definition) is 4. The molecule has 0 aliphatic heterocycles. The van der Waals surface area contributed by atoms with Crippen LogP contribution in [-0.4, -0.2) is 70.3 Å². The Hall–Kier alpha value is -2.28. The van der Waals surface area contributed by atoms with Crippen LogP contribution in [0.2, 0.25) is 0 Å². The summed E-state index contributed by atoms with van der Waals surface area (Å²) < 4.78 is 10.8. The lowest BCUT2D eigenvalue weighted by atomic mass is 10.2. The molecule has 2 rings (SSSR count). The summed E-state index contributed by atoms with van der Waals surface area (Å²) in [7, 11) is 3.58. The van der Waals surface area contributed by atoms with E-state index in [1.807, 2.05) is 20.0 Å². The standard InChI is InChI=1S/C20H32N4O3/c1-4-21-20(24(2)12-13-27-15-16-8-9-16)23-11-10-22-19(25)17-6-5-7-18(14-17)26-3/h5-7,14,16H,4,8-13,15H2,1-3H3,(H,21,23)(H,22,25). The Morgan fingerprint density at radius 3 is 2.85 bits per heavy atom. The number of ether oxygens (including phenoxy) is 2. The Kier molecular flexibility index (Phi) is 8.91. The van der Waals surface area contributed by atoms with Crippen molar-refractivity contribution in [2.45, 2.75) is 19.8 Å². The van der Waals surface area contributed by atoms with Gasteiger partial charge in [0, 0.05) is 38.9 Å². The highest BCUT2D eigenvalue weighted by Gasteiger charge is 2.21. The number of nitrogens with zero attached hydrogens (tertiary/aromatic N) is 2. The number of guanidine groups is 1. The van der Waals surface area contributed by atoms with E-state index in [1.54, 1.807) is 25.3 Å². The summed E-state index contributed by atoms with van der Waals surface area (Å²) in [6.45, 7) is 6.17. The summed E-state index contributed by atoms with van der Waals surface area (Å²) in [6, 6.07) is 7.10. The van der Waals surface area contributed by atoms with Crippen molar-refractivity contribution in [3.63, 3.8) is 0 Å². The largest absolute Gasteiger partial charge is 0.497 e. The van der Waals surface area contributed by atoms with Gasteiger partial charge in [-0.25, -0.2) is 0 Å². The lowest BCUT2D eigenvalue weighted by molar-refractivity contribution is 0.0954. The first-order chi connectivity index (χ1) is 13.1. The van der Waals surface area contributed by atoms with E-state index in [1.165, 1.54) is 12.8 Å². The number of hydrogen-bond donors (Lipinski definition) is 2. The fraction of sp³-hybridized carbons (Fsp3) is 0.600. The van der Waals surface area contributed by atoms with Crippen LogP contribution in [0, 0.1) is 5.92 Å². The molecule has 7 nitrogen and oxygen atoms in total. The van der Waals surface area contributed by atoms with E-state index in [2.05, 4.69) is 20.5 Å². The van der Waals surface area contributed by atoms with Gasteiger partial charge in [-0.1, -0.05) is 6.07 Å². The number of likely N-dealkylation sites (N-methyl/N-ethyl adjacent to an activating group) is 1.